The van der Waals surface area contributed by atoms with E-state index in [-0.39, 0.29) is 5.91 Å². The van der Waals surface area contributed by atoms with E-state index in [0.29, 0.717) is 12.1 Å². The zero-order valence-corrected chi connectivity index (χ0v) is 11.2. The smallest absolute Gasteiger partial charge is 0.244 e. The van der Waals surface area contributed by atoms with E-state index in [9.17, 15) is 4.79 Å². The highest BCUT2D eigenvalue weighted by Gasteiger charge is 2.35. The molecule has 3 heteroatoms. The predicted molar refractivity (Wildman–Crippen MR) is 73.0 cm³/mol. The second-order valence-electron chi connectivity index (χ2n) is 5.12. The number of benzene rings is 1. The molecule has 2 unspecified atom stereocenters. The van der Waals surface area contributed by atoms with Crippen LogP contribution in [0.3, 0.4) is 0 Å². The van der Waals surface area contributed by atoms with Gasteiger partial charge in [-0.1, -0.05) is 37.3 Å². The van der Waals surface area contributed by atoms with Gasteiger partial charge in [0, 0.05) is 12.1 Å². The summed E-state index contributed by atoms with van der Waals surface area (Å²) in [6, 6.07) is 9.78. The fourth-order valence-corrected chi connectivity index (χ4v) is 2.83. The summed E-state index contributed by atoms with van der Waals surface area (Å²) in [6.07, 6.45) is 3.20. The second kappa shape index (κ2) is 5.53. The molecule has 2 rings (SSSR count). The van der Waals surface area contributed by atoms with E-state index >= 15 is 0 Å². The average molecular weight is 246 g/mol. The van der Waals surface area contributed by atoms with Crippen molar-refractivity contribution in [1.82, 2.24) is 4.90 Å². The van der Waals surface area contributed by atoms with E-state index in [1.54, 1.807) is 0 Å². The lowest BCUT2D eigenvalue weighted by Gasteiger charge is -2.30. The fourth-order valence-electron chi connectivity index (χ4n) is 2.83. The van der Waals surface area contributed by atoms with E-state index in [1.165, 1.54) is 0 Å². The second-order valence-corrected chi connectivity index (χ2v) is 5.12. The summed E-state index contributed by atoms with van der Waals surface area (Å²) in [6.45, 7) is 4.25. The highest BCUT2D eigenvalue weighted by Crippen LogP contribution is 2.28. The van der Waals surface area contributed by atoms with Crippen LogP contribution in [0.2, 0.25) is 0 Å². The number of hydrogen-bond acceptors (Lipinski definition) is 2. The molecule has 1 fully saturated rings. The third-order valence-electron chi connectivity index (χ3n) is 3.94. The zero-order chi connectivity index (χ0) is 13.1. The van der Waals surface area contributed by atoms with Crippen molar-refractivity contribution >= 4 is 5.91 Å². The lowest BCUT2D eigenvalue weighted by atomic mass is 10.1. The summed E-state index contributed by atoms with van der Waals surface area (Å²) in [5.41, 5.74) is 7.01. The van der Waals surface area contributed by atoms with Gasteiger partial charge in [0.05, 0.1) is 0 Å². The quantitative estimate of drug-likeness (QED) is 0.890. The molecule has 1 aliphatic heterocycles. The first-order valence-electron chi connectivity index (χ1n) is 6.77. The van der Waals surface area contributed by atoms with E-state index in [1.807, 2.05) is 35.2 Å². The maximum atomic E-state index is 12.5. The minimum Gasteiger partial charge on any atom is -0.335 e. The number of amides is 1. The topological polar surface area (TPSA) is 46.3 Å². The maximum absolute atomic E-state index is 12.5. The molecule has 2 N–H and O–H groups in total. The molecule has 3 atom stereocenters. The van der Waals surface area contributed by atoms with Crippen LogP contribution < -0.4 is 5.73 Å². The molecule has 1 aliphatic rings. The minimum atomic E-state index is -0.527. The minimum absolute atomic E-state index is 0.0676. The van der Waals surface area contributed by atoms with Crippen LogP contribution in [0.1, 0.15) is 44.7 Å². The van der Waals surface area contributed by atoms with Crippen molar-refractivity contribution in [2.75, 3.05) is 0 Å². The number of rotatable bonds is 3. The molecule has 0 aromatic heterocycles. The fraction of sp³-hybridized carbons (Fsp3) is 0.533. The summed E-state index contributed by atoms with van der Waals surface area (Å²) < 4.78 is 0. The SMILES string of the molecule is CCC1CCC(C)N1C(=O)[C@@H](N)c1ccccc1. The van der Waals surface area contributed by atoms with Crippen LogP contribution in [0.5, 0.6) is 0 Å². The zero-order valence-electron chi connectivity index (χ0n) is 11.2. The molecule has 0 bridgehead atoms. The van der Waals surface area contributed by atoms with Crippen molar-refractivity contribution in [2.24, 2.45) is 5.73 Å². The molecule has 1 saturated heterocycles. The molecule has 1 heterocycles. The Hall–Kier alpha value is -1.35. The molecule has 98 valence electrons. The normalized spacial score (nSPS) is 25.2. The monoisotopic (exact) mass is 246 g/mol. The van der Waals surface area contributed by atoms with Crippen LogP contribution in [0.4, 0.5) is 0 Å². The van der Waals surface area contributed by atoms with Crippen molar-refractivity contribution in [3.8, 4) is 0 Å². The van der Waals surface area contributed by atoms with Crippen molar-refractivity contribution in [3.05, 3.63) is 35.9 Å². The number of nitrogens with two attached hydrogens (primary N) is 1. The lowest BCUT2D eigenvalue weighted by molar-refractivity contribution is -0.135. The highest BCUT2D eigenvalue weighted by molar-refractivity contribution is 5.83. The van der Waals surface area contributed by atoms with E-state index in [4.69, 9.17) is 5.73 Å². The number of carbonyl (C=O) groups is 1. The molecule has 1 aromatic rings. The average Bonchev–Trinajstić information content (AvgIpc) is 2.79. The molecule has 0 saturated carbocycles. The van der Waals surface area contributed by atoms with E-state index in [0.717, 1.165) is 24.8 Å². The van der Waals surface area contributed by atoms with E-state index < -0.39 is 6.04 Å². The summed E-state index contributed by atoms with van der Waals surface area (Å²) >= 11 is 0. The van der Waals surface area contributed by atoms with Gasteiger partial charge in [-0.05, 0) is 31.7 Å². The van der Waals surface area contributed by atoms with Gasteiger partial charge >= 0.3 is 0 Å². The van der Waals surface area contributed by atoms with Crippen LogP contribution >= 0.6 is 0 Å². The predicted octanol–water partition coefficient (Wildman–Crippen LogP) is 2.48. The van der Waals surface area contributed by atoms with Gasteiger partial charge in [-0.2, -0.15) is 0 Å². The lowest BCUT2D eigenvalue weighted by Crippen LogP contribution is -2.44. The van der Waals surface area contributed by atoms with Gasteiger partial charge in [0.1, 0.15) is 6.04 Å². The standard InChI is InChI=1S/C15H22N2O/c1-3-13-10-9-11(2)17(13)15(18)14(16)12-7-5-4-6-8-12/h4-8,11,13-14H,3,9-10,16H2,1-2H3/t11?,13?,14-/m0/s1. The molecule has 1 aromatic carbocycles. The molecule has 0 aliphatic carbocycles. The molecule has 0 radical (unpaired) electrons. The van der Waals surface area contributed by atoms with Gasteiger partial charge < -0.3 is 10.6 Å². The Morgan fingerprint density at radius 3 is 2.67 bits per heavy atom. The molecule has 0 spiro atoms. The molecule has 3 nitrogen and oxygen atoms in total. The Morgan fingerprint density at radius 1 is 1.39 bits per heavy atom. The van der Waals surface area contributed by atoms with Crippen LogP contribution in [-0.2, 0) is 4.79 Å². The summed E-state index contributed by atoms with van der Waals surface area (Å²) in [5, 5.41) is 0. The number of hydrogen-bond donors (Lipinski definition) is 1. The maximum Gasteiger partial charge on any atom is 0.244 e. The van der Waals surface area contributed by atoms with Crippen molar-refractivity contribution in [3.63, 3.8) is 0 Å². The third kappa shape index (κ3) is 2.41. The molecule has 18 heavy (non-hydrogen) atoms. The summed E-state index contributed by atoms with van der Waals surface area (Å²) in [7, 11) is 0. The first-order chi connectivity index (χ1) is 8.65. The van der Waals surface area contributed by atoms with Gasteiger partial charge in [0.15, 0.2) is 0 Å². The van der Waals surface area contributed by atoms with Gasteiger partial charge in [-0.25, -0.2) is 0 Å². The summed E-state index contributed by atoms with van der Waals surface area (Å²) in [5.74, 6) is 0.0676. The summed E-state index contributed by atoms with van der Waals surface area (Å²) in [4.78, 5) is 14.5. The van der Waals surface area contributed by atoms with Gasteiger partial charge in [0.2, 0.25) is 5.91 Å². The molecular formula is C15H22N2O. The number of likely N-dealkylation sites (tertiary alicyclic amines) is 1. The largest absolute Gasteiger partial charge is 0.335 e. The first kappa shape index (κ1) is 13.1. The van der Waals surface area contributed by atoms with Crippen LogP contribution in [0.25, 0.3) is 0 Å². The Kier molecular flexibility index (Phi) is 4.02. The van der Waals surface area contributed by atoms with Crippen molar-refractivity contribution in [2.45, 2.75) is 51.2 Å². The van der Waals surface area contributed by atoms with Crippen LogP contribution in [0, 0.1) is 0 Å². The molecule has 1 amide bonds. The molecular weight excluding hydrogens is 224 g/mol. The first-order valence-corrected chi connectivity index (χ1v) is 6.77. The Labute approximate surface area is 109 Å². The third-order valence-corrected chi connectivity index (χ3v) is 3.94. The Morgan fingerprint density at radius 2 is 2.06 bits per heavy atom. The van der Waals surface area contributed by atoms with Crippen LogP contribution in [-0.4, -0.2) is 22.9 Å². The van der Waals surface area contributed by atoms with Crippen LogP contribution in [0.15, 0.2) is 30.3 Å². The number of nitrogens with zero attached hydrogens (tertiary/aromatic N) is 1. The van der Waals surface area contributed by atoms with Crippen molar-refractivity contribution < 1.29 is 4.79 Å². The van der Waals surface area contributed by atoms with Gasteiger partial charge in [-0.15, -0.1) is 0 Å². The van der Waals surface area contributed by atoms with E-state index in [2.05, 4.69) is 13.8 Å². The number of carbonyl (C=O) groups excluding carboxylic acids is 1. The Balaban J connectivity index is 2.15. The Bertz CT molecular complexity index is 404. The van der Waals surface area contributed by atoms with Gasteiger partial charge in [0.25, 0.3) is 0 Å². The van der Waals surface area contributed by atoms with Gasteiger partial charge in [-0.3, -0.25) is 4.79 Å². The highest BCUT2D eigenvalue weighted by atomic mass is 16.2. The van der Waals surface area contributed by atoms with Crippen molar-refractivity contribution in [1.29, 1.82) is 0 Å².